The molecular weight excluding hydrogens is 326 g/mol. The van der Waals surface area contributed by atoms with Crippen LogP contribution in [-0.2, 0) is 0 Å². The number of fused-ring (bicyclic) bond motifs is 1. The number of hydrogen-bond donors (Lipinski definition) is 0. The minimum absolute atomic E-state index is 0.542. The lowest BCUT2D eigenvalue weighted by molar-refractivity contribution is 0.146. The number of nitrogens with zero attached hydrogens (tertiary/aromatic N) is 5. The molecule has 0 spiro atoms. The third-order valence-electron chi connectivity index (χ3n) is 4.81. The molecule has 4 rings (SSSR count). The lowest BCUT2D eigenvalue weighted by atomic mass is 10.00. The molecular formula is C20H21N5O. The van der Waals surface area contributed by atoms with E-state index in [4.69, 9.17) is 10.00 Å². The van der Waals surface area contributed by atoms with Crippen molar-refractivity contribution >= 4 is 5.65 Å². The molecule has 1 aliphatic rings. The molecule has 6 nitrogen and oxygen atoms in total. The molecule has 1 aromatic carbocycles. The minimum atomic E-state index is 0.542. The number of benzene rings is 1. The van der Waals surface area contributed by atoms with Crippen LogP contribution in [-0.4, -0.2) is 46.2 Å². The SMILES string of the molecule is CN1CCCC(COc2ccc3ncc(-c4cccc(C#N)c4)n3n2)C1. The van der Waals surface area contributed by atoms with Gasteiger partial charge in [-0.3, -0.25) is 0 Å². The van der Waals surface area contributed by atoms with Crippen LogP contribution in [0.1, 0.15) is 18.4 Å². The Morgan fingerprint density at radius 2 is 2.23 bits per heavy atom. The molecule has 0 saturated carbocycles. The molecule has 1 atom stereocenters. The zero-order valence-corrected chi connectivity index (χ0v) is 14.8. The molecule has 3 heterocycles. The number of imidazole rings is 1. The van der Waals surface area contributed by atoms with Crippen LogP contribution in [0.4, 0.5) is 0 Å². The normalized spacial score (nSPS) is 17.9. The molecule has 0 radical (unpaired) electrons. The first-order valence-corrected chi connectivity index (χ1v) is 8.89. The maximum absolute atomic E-state index is 9.12. The first-order valence-electron chi connectivity index (χ1n) is 8.89. The molecule has 132 valence electrons. The van der Waals surface area contributed by atoms with Crippen LogP contribution in [0.15, 0.2) is 42.6 Å². The fourth-order valence-electron chi connectivity index (χ4n) is 3.49. The fourth-order valence-corrected chi connectivity index (χ4v) is 3.49. The number of likely N-dealkylation sites (tertiary alicyclic amines) is 1. The molecule has 0 N–H and O–H groups in total. The quantitative estimate of drug-likeness (QED) is 0.726. The zero-order chi connectivity index (χ0) is 17.9. The van der Waals surface area contributed by atoms with Gasteiger partial charge in [0.05, 0.1) is 30.1 Å². The van der Waals surface area contributed by atoms with E-state index in [1.54, 1.807) is 16.8 Å². The molecule has 1 fully saturated rings. The molecule has 0 amide bonds. The lowest BCUT2D eigenvalue weighted by Gasteiger charge is -2.29. The van der Waals surface area contributed by atoms with Crippen LogP contribution >= 0.6 is 0 Å². The van der Waals surface area contributed by atoms with Gasteiger partial charge in [0.15, 0.2) is 5.65 Å². The molecule has 3 aromatic rings. The highest BCUT2D eigenvalue weighted by Crippen LogP contribution is 2.23. The second kappa shape index (κ2) is 7.14. The van der Waals surface area contributed by atoms with Crippen LogP contribution in [0, 0.1) is 17.2 Å². The van der Waals surface area contributed by atoms with Crippen molar-refractivity contribution in [3.05, 3.63) is 48.2 Å². The van der Waals surface area contributed by atoms with Gasteiger partial charge in [0.1, 0.15) is 0 Å². The van der Waals surface area contributed by atoms with E-state index in [9.17, 15) is 0 Å². The summed E-state index contributed by atoms with van der Waals surface area (Å²) in [5.41, 5.74) is 3.13. The first-order chi connectivity index (χ1) is 12.7. The van der Waals surface area contributed by atoms with E-state index in [-0.39, 0.29) is 0 Å². The summed E-state index contributed by atoms with van der Waals surface area (Å²) in [6.45, 7) is 2.91. The van der Waals surface area contributed by atoms with Crippen molar-refractivity contribution in [3.63, 3.8) is 0 Å². The van der Waals surface area contributed by atoms with Gasteiger partial charge in [-0.15, -0.1) is 5.10 Å². The van der Waals surface area contributed by atoms with E-state index < -0.39 is 0 Å². The molecule has 6 heteroatoms. The Labute approximate surface area is 152 Å². The van der Waals surface area contributed by atoms with E-state index in [0.717, 1.165) is 23.4 Å². The highest BCUT2D eigenvalue weighted by Gasteiger charge is 2.18. The average molecular weight is 347 g/mol. The third kappa shape index (κ3) is 3.39. The summed E-state index contributed by atoms with van der Waals surface area (Å²) in [7, 11) is 2.16. The van der Waals surface area contributed by atoms with Crippen LogP contribution in [0.2, 0.25) is 0 Å². The number of aromatic nitrogens is 3. The summed E-state index contributed by atoms with van der Waals surface area (Å²) < 4.78 is 7.74. The van der Waals surface area contributed by atoms with Crippen LogP contribution < -0.4 is 4.74 Å². The number of ether oxygens (including phenoxy) is 1. The number of nitriles is 1. The second-order valence-corrected chi connectivity index (χ2v) is 6.86. The topological polar surface area (TPSA) is 66.5 Å². The maximum Gasteiger partial charge on any atom is 0.231 e. The maximum atomic E-state index is 9.12. The van der Waals surface area contributed by atoms with Crippen molar-refractivity contribution in [2.75, 3.05) is 26.7 Å². The van der Waals surface area contributed by atoms with Gasteiger partial charge in [-0.25, -0.2) is 9.50 Å². The molecule has 2 aromatic heterocycles. The average Bonchev–Trinajstić information content (AvgIpc) is 3.10. The predicted octanol–water partition coefficient (Wildman–Crippen LogP) is 2.99. The van der Waals surface area contributed by atoms with Crippen molar-refractivity contribution in [2.45, 2.75) is 12.8 Å². The van der Waals surface area contributed by atoms with Gasteiger partial charge < -0.3 is 9.64 Å². The zero-order valence-electron chi connectivity index (χ0n) is 14.8. The Morgan fingerprint density at radius 1 is 1.31 bits per heavy atom. The summed E-state index contributed by atoms with van der Waals surface area (Å²) in [5, 5.41) is 13.7. The monoisotopic (exact) mass is 347 g/mol. The fraction of sp³-hybridized carbons (Fsp3) is 0.350. The Hall–Kier alpha value is -2.91. The Morgan fingerprint density at radius 3 is 3.08 bits per heavy atom. The van der Waals surface area contributed by atoms with E-state index in [2.05, 4.69) is 28.1 Å². The lowest BCUT2D eigenvalue weighted by Crippen LogP contribution is -2.34. The largest absolute Gasteiger partial charge is 0.476 e. The first kappa shape index (κ1) is 16.6. The summed E-state index contributed by atoms with van der Waals surface area (Å²) in [5.74, 6) is 1.14. The van der Waals surface area contributed by atoms with Gasteiger partial charge in [0.25, 0.3) is 0 Å². The smallest absolute Gasteiger partial charge is 0.231 e. The van der Waals surface area contributed by atoms with E-state index in [0.29, 0.717) is 24.0 Å². The van der Waals surface area contributed by atoms with Crippen molar-refractivity contribution < 1.29 is 4.74 Å². The second-order valence-electron chi connectivity index (χ2n) is 6.86. The van der Waals surface area contributed by atoms with E-state index >= 15 is 0 Å². The number of rotatable bonds is 4. The Balaban J connectivity index is 1.57. The van der Waals surface area contributed by atoms with Crippen LogP contribution in [0.5, 0.6) is 5.88 Å². The van der Waals surface area contributed by atoms with Gasteiger partial charge in [0.2, 0.25) is 5.88 Å². The molecule has 0 bridgehead atoms. The molecule has 0 aliphatic carbocycles. The van der Waals surface area contributed by atoms with Gasteiger partial charge >= 0.3 is 0 Å². The van der Waals surface area contributed by atoms with Crippen molar-refractivity contribution in [2.24, 2.45) is 5.92 Å². The summed E-state index contributed by atoms with van der Waals surface area (Å²) in [4.78, 5) is 6.76. The van der Waals surface area contributed by atoms with Gasteiger partial charge in [-0.1, -0.05) is 12.1 Å². The van der Waals surface area contributed by atoms with E-state index in [1.165, 1.54) is 19.4 Å². The van der Waals surface area contributed by atoms with Crippen molar-refractivity contribution in [3.8, 4) is 23.2 Å². The van der Waals surface area contributed by atoms with Gasteiger partial charge in [-0.05, 0) is 44.6 Å². The van der Waals surface area contributed by atoms with Crippen LogP contribution in [0.25, 0.3) is 16.9 Å². The van der Waals surface area contributed by atoms with Gasteiger partial charge in [0, 0.05) is 24.1 Å². The molecule has 26 heavy (non-hydrogen) atoms. The third-order valence-corrected chi connectivity index (χ3v) is 4.81. The predicted molar refractivity (Wildman–Crippen MR) is 98.9 cm³/mol. The minimum Gasteiger partial charge on any atom is -0.476 e. The Bertz CT molecular complexity index is 958. The number of hydrogen-bond acceptors (Lipinski definition) is 5. The standard InChI is InChI=1S/C20H21N5O/c1-24-9-3-5-16(13-24)14-26-20-8-7-19-22-12-18(25(19)23-20)17-6-2-4-15(10-17)11-21/h2,4,6-8,10,12,16H,3,5,9,13-14H2,1H3. The van der Waals surface area contributed by atoms with Crippen LogP contribution in [0.3, 0.4) is 0 Å². The summed E-state index contributed by atoms with van der Waals surface area (Å²) in [6, 6.07) is 13.4. The highest BCUT2D eigenvalue weighted by atomic mass is 16.5. The highest BCUT2D eigenvalue weighted by molar-refractivity contribution is 5.64. The summed E-state index contributed by atoms with van der Waals surface area (Å²) in [6.07, 6.45) is 4.19. The number of piperidine rings is 1. The van der Waals surface area contributed by atoms with Crippen molar-refractivity contribution in [1.82, 2.24) is 19.5 Å². The van der Waals surface area contributed by atoms with Gasteiger partial charge in [-0.2, -0.15) is 5.26 Å². The van der Waals surface area contributed by atoms with E-state index in [1.807, 2.05) is 30.3 Å². The molecule has 1 unspecified atom stereocenters. The Kier molecular flexibility index (Phi) is 4.55. The molecule has 1 aliphatic heterocycles. The summed E-state index contributed by atoms with van der Waals surface area (Å²) >= 11 is 0. The molecule has 1 saturated heterocycles. The van der Waals surface area contributed by atoms with Crippen molar-refractivity contribution in [1.29, 1.82) is 5.26 Å².